The van der Waals surface area contributed by atoms with E-state index < -0.39 is 0 Å². The van der Waals surface area contributed by atoms with Gasteiger partial charge in [-0.15, -0.1) is 0 Å². The average molecular weight is 187 g/mol. The minimum absolute atomic E-state index is 0.126. The summed E-state index contributed by atoms with van der Waals surface area (Å²) in [5, 5.41) is 6.81. The Kier molecular flexibility index (Phi) is 8.40. The van der Waals surface area contributed by atoms with Crippen LogP contribution in [0, 0.1) is 0 Å². The molecule has 0 bridgehead atoms. The Morgan fingerprint density at radius 2 is 1.85 bits per heavy atom. The molecule has 0 amide bonds. The lowest BCUT2D eigenvalue weighted by atomic mass is 10.2. The zero-order chi connectivity index (χ0) is 10.1. The Bertz CT molecular complexity index is 106. The van der Waals surface area contributed by atoms with Crippen LogP contribution in [0.4, 0.5) is 0 Å². The second kappa shape index (κ2) is 8.48. The highest BCUT2D eigenvalue weighted by molar-refractivity contribution is 4.67. The molecule has 0 aliphatic carbocycles. The van der Waals surface area contributed by atoms with E-state index in [0.717, 1.165) is 19.4 Å². The topological polar surface area (TPSA) is 50.1 Å². The summed E-state index contributed by atoms with van der Waals surface area (Å²) >= 11 is 0. The van der Waals surface area contributed by atoms with Gasteiger partial charge >= 0.3 is 0 Å². The van der Waals surface area contributed by atoms with Crippen molar-refractivity contribution in [2.24, 2.45) is 5.73 Å². The third-order valence-corrected chi connectivity index (χ3v) is 2.07. The van der Waals surface area contributed by atoms with Gasteiger partial charge in [-0.25, -0.2) is 0 Å². The van der Waals surface area contributed by atoms with E-state index in [-0.39, 0.29) is 6.17 Å². The van der Waals surface area contributed by atoms with Crippen molar-refractivity contribution >= 4 is 0 Å². The molecule has 0 aromatic heterocycles. The normalized spacial score (nSPS) is 15.7. The van der Waals surface area contributed by atoms with E-state index in [4.69, 9.17) is 5.73 Å². The minimum atomic E-state index is 0.126. The third-order valence-electron chi connectivity index (χ3n) is 2.07. The fourth-order valence-electron chi connectivity index (χ4n) is 1.23. The molecule has 0 rings (SSSR count). The van der Waals surface area contributed by atoms with Crippen molar-refractivity contribution in [1.29, 1.82) is 0 Å². The van der Waals surface area contributed by atoms with Gasteiger partial charge in [0.15, 0.2) is 0 Å². The van der Waals surface area contributed by atoms with Crippen molar-refractivity contribution in [2.45, 2.75) is 58.8 Å². The fourth-order valence-corrected chi connectivity index (χ4v) is 1.23. The summed E-state index contributed by atoms with van der Waals surface area (Å²) in [6.45, 7) is 7.53. The molecule has 0 heterocycles. The van der Waals surface area contributed by atoms with Crippen molar-refractivity contribution in [3.05, 3.63) is 0 Å². The van der Waals surface area contributed by atoms with E-state index in [1.807, 2.05) is 0 Å². The molecule has 0 aliphatic heterocycles. The zero-order valence-electron chi connectivity index (χ0n) is 9.27. The Labute approximate surface area is 82.5 Å². The molecule has 0 radical (unpaired) electrons. The monoisotopic (exact) mass is 187 g/mol. The highest BCUT2D eigenvalue weighted by Gasteiger charge is 2.08. The Balaban J connectivity index is 3.65. The predicted molar refractivity (Wildman–Crippen MR) is 58.4 cm³/mol. The summed E-state index contributed by atoms with van der Waals surface area (Å²) in [5.41, 5.74) is 5.82. The van der Waals surface area contributed by atoms with Gasteiger partial charge in [-0.2, -0.15) is 0 Å². The Hall–Kier alpha value is -0.120. The Morgan fingerprint density at radius 1 is 1.15 bits per heavy atom. The van der Waals surface area contributed by atoms with Crippen LogP contribution >= 0.6 is 0 Å². The van der Waals surface area contributed by atoms with Crippen LogP contribution in [0.3, 0.4) is 0 Å². The zero-order valence-corrected chi connectivity index (χ0v) is 9.27. The third kappa shape index (κ3) is 6.99. The smallest absolute Gasteiger partial charge is 0.0583 e. The fraction of sp³-hybridized carbons (Fsp3) is 1.00. The van der Waals surface area contributed by atoms with E-state index >= 15 is 0 Å². The second-order valence-corrected chi connectivity index (χ2v) is 3.48. The summed E-state index contributed by atoms with van der Waals surface area (Å²) < 4.78 is 0. The molecule has 0 aliphatic rings. The summed E-state index contributed by atoms with van der Waals surface area (Å²) in [6, 6.07) is 0. The van der Waals surface area contributed by atoms with Gasteiger partial charge in [0.2, 0.25) is 0 Å². The van der Waals surface area contributed by atoms with Gasteiger partial charge in [-0.05, 0) is 25.8 Å². The summed E-state index contributed by atoms with van der Waals surface area (Å²) in [7, 11) is 0. The first-order valence-corrected chi connectivity index (χ1v) is 5.49. The van der Waals surface area contributed by atoms with Crippen LogP contribution in [0.1, 0.15) is 46.5 Å². The van der Waals surface area contributed by atoms with E-state index in [2.05, 4.69) is 31.4 Å². The van der Waals surface area contributed by atoms with Crippen molar-refractivity contribution in [2.75, 3.05) is 6.54 Å². The highest BCUT2D eigenvalue weighted by Crippen LogP contribution is 1.95. The van der Waals surface area contributed by atoms with Gasteiger partial charge in [0.05, 0.1) is 12.3 Å². The summed E-state index contributed by atoms with van der Waals surface area (Å²) in [6.07, 6.45) is 5.00. The number of nitrogens with two attached hydrogens (primary N) is 1. The molecule has 4 N–H and O–H groups in total. The molecule has 0 fully saturated rings. The molecular weight excluding hydrogens is 162 g/mol. The van der Waals surface area contributed by atoms with Crippen molar-refractivity contribution in [3.8, 4) is 0 Å². The van der Waals surface area contributed by atoms with Crippen LogP contribution in [0.5, 0.6) is 0 Å². The van der Waals surface area contributed by atoms with Gasteiger partial charge in [0, 0.05) is 0 Å². The first-order valence-electron chi connectivity index (χ1n) is 5.49. The molecule has 0 aromatic rings. The molecular formula is C10H25N3. The summed E-state index contributed by atoms with van der Waals surface area (Å²) in [5.74, 6) is 0. The molecule has 0 saturated heterocycles. The Morgan fingerprint density at radius 3 is 2.31 bits per heavy atom. The van der Waals surface area contributed by atoms with Gasteiger partial charge in [-0.3, -0.25) is 5.32 Å². The van der Waals surface area contributed by atoms with Crippen LogP contribution in [0.15, 0.2) is 0 Å². The van der Waals surface area contributed by atoms with Crippen molar-refractivity contribution in [1.82, 2.24) is 10.6 Å². The average Bonchev–Trinajstić information content (AvgIpc) is 2.14. The molecule has 80 valence electrons. The van der Waals surface area contributed by atoms with Crippen LogP contribution in [-0.2, 0) is 0 Å². The SMILES string of the molecule is CCCNC(CCC)NC(N)CC. The standard InChI is InChI=1S/C10H25N3/c1-4-7-10(12-8-5-2)13-9(11)6-3/h9-10,12-13H,4-8,11H2,1-3H3. The van der Waals surface area contributed by atoms with Crippen LogP contribution < -0.4 is 16.4 Å². The van der Waals surface area contributed by atoms with Crippen LogP contribution in [-0.4, -0.2) is 18.9 Å². The molecule has 0 spiro atoms. The van der Waals surface area contributed by atoms with Crippen molar-refractivity contribution < 1.29 is 0 Å². The summed E-state index contributed by atoms with van der Waals surface area (Å²) in [4.78, 5) is 0. The molecule has 3 heteroatoms. The number of nitrogens with one attached hydrogen (secondary N) is 2. The van der Waals surface area contributed by atoms with Crippen molar-refractivity contribution in [3.63, 3.8) is 0 Å². The van der Waals surface area contributed by atoms with E-state index in [0.29, 0.717) is 6.17 Å². The lowest BCUT2D eigenvalue weighted by Crippen LogP contribution is -2.50. The molecule has 2 atom stereocenters. The maximum Gasteiger partial charge on any atom is 0.0583 e. The lowest BCUT2D eigenvalue weighted by Gasteiger charge is -2.23. The first kappa shape index (κ1) is 12.9. The number of hydrogen-bond donors (Lipinski definition) is 3. The van der Waals surface area contributed by atoms with Gasteiger partial charge in [-0.1, -0.05) is 27.2 Å². The molecule has 0 aromatic carbocycles. The molecule has 2 unspecified atom stereocenters. The molecule has 0 saturated carbocycles. The highest BCUT2D eigenvalue weighted by atomic mass is 15.2. The minimum Gasteiger partial charge on any atom is -0.316 e. The first-order chi connectivity index (χ1) is 6.24. The maximum absolute atomic E-state index is 5.82. The van der Waals surface area contributed by atoms with Gasteiger partial charge < -0.3 is 11.1 Å². The van der Waals surface area contributed by atoms with Gasteiger partial charge in [0.25, 0.3) is 0 Å². The number of hydrogen-bond acceptors (Lipinski definition) is 3. The largest absolute Gasteiger partial charge is 0.316 e. The van der Waals surface area contributed by atoms with Gasteiger partial charge in [0.1, 0.15) is 0 Å². The molecule has 13 heavy (non-hydrogen) atoms. The maximum atomic E-state index is 5.82. The quantitative estimate of drug-likeness (QED) is 0.503. The van der Waals surface area contributed by atoms with Crippen LogP contribution in [0.25, 0.3) is 0 Å². The number of rotatable bonds is 8. The van der Waals surface area contributed by atoms with E-state index in [1.165, 1.54) is 12.8 Å². The lowest BCUT2D eigenvalue weighted by molar-refractivity contribution is 0.348. The second-order valence-electron chi connectivity index (χ2n) is 3.48. The molecule has 3 nitrogen and oxygen atoms in total. The van der Waals surface area contributed by atoms with Crippen LogP contribution in [0.2, 0.25) is 0 Å². The van der Waals surface area contributed by atoms with E-state index in [9.17, 15) is 0 Å². The van der Waals surface area contributed by atoms with E-state index in [1.54, 1.807) is 0 Å². The predicted octanol–water partition coefficient (Wildman–Crippen LogP) is 1.40.